The van der Waals surface area contributed by atoms with Crippen LogP contribution in [0.2, 0.25) is 0 Å². The quantitative estimate of drug-likeness (QED) is 0.415. The third-order valence-electron chi connectivity index (χ3n) is 4.95. The van der Waals surface area contributed by atoms with Gasteiger partial charge in [0.1, 0.15) is 11.9 Å². The van der Waals surface area contributed by atoms with Crippen LogP contribution in [0.1, 0.15) is 12.8 Å². The number of amides is 3. The second kappa shape index (κ2) is 11.6. The zero-order chi connectivity index (χ0) is 23.7. The van der Waals surface area contributed by atoms with Crippen molar-refractivity contribution in [1.82, 2.24) is 15.1 Å². The Morgan fingerprint density at radius 2 is 1.91 bits per heavy atom. The van der Waals surface area contributed by atoms with Gasteiger partial charge in [0.15, 0.2) is 0 Å². The van der Waals surface area contributed by atoms with Gasteiger partial charge in [0, 0.05) is 38.4 Å². The second-order valence-corrected chi connectivity index (χ2v) is 7.06. The first-order valence-electron chi connectivity index (χ1n) is 9.92. The van der Waals surface area contributed by atoms with E-state index in [9.17, 15) is 14.0 Å². The minimum absolute atomic E-state index is 0.0804. The van der Waals surface area contributed by atoms with Gasteiger partial charge in [-0.3, -0.25) is 9.69 Å². The Hall–Kier alpha value is -3.72. The number of urea groups is 1. The van der Waals surface area contributed by atoms with Gasteiger partial charge < -0.3 is 25.3 Å². The number of carboxylic acids is 2. The van der Waals surface area contributed by atoms with Gasteiger partial charge in [-0.2, -0.15) is 5.26 Å². The zero-order valence-electron chi connectivity index (χ0n) is 17.2. The van der Waals surface area contributed by atoms with E-state index in [0.29, 0.717) is 38.4 Å². The Kier molecular flexibility index (Phi) is 8.91. The molecule has 2 fully saturated rings. The van der Waals surface area contributed by atoms with Crippen LogP contribution in [-0.2, 0) is 14.4 Å². The summed E-state index contributed by atoms with van der Waals surface area (Å²) in [6.07, 6.45) is 1.60. The molecule has 0 spiro atoms. The van der Waals surface area contributed by atoms with Crippen LogP contribution in [0.4, 0.5) is 14.9 Å². The Balaban J connectivity index is 0.000000534. The van der Waals surface area contributed by atoms with Crippen molar-refractivity contribution in [2.24, 2.45) is 0 Å². The molecular weight excluding hydrogens is 425 g/mol. The van der Waals surface area contributed by atoms with Gasteiger partial charge in [-0.1, -0.05) is 6.07 Å². The third kappa shape index (κ3) is 6.64. The van der Waals surface area contributed by atoms with Crippen LogP contribution in [0.5, 0.6) is 0 Å². The van der Waals surface area contributed by atoms with Crippen molar-refractivity contribution in [2.45, 2.75) is 18.9 Å². The number of anilines is 1. The largest absolute Gasteiger partial charge is 0.473 e. The number of nitrogens with one attached hydrogen (secondary N) is 1. The molecule has 11 nitrogen and oxygen atoms in total. The molecule has 2 heterocycles. The monoisotopic (exact) mass is 449 g/mol. The first-order valence-corrected chi connectivity index (χ1v) is 9.92. The third-order valence-corrected chi connectivity index (χ3v) is 4.95. The van der Waals surface area contributed by atoms with Crippen molar-refractivity contribution in [1.29, 1.82) is 5.26 Å². The topological polar surface area (TPSA) is 154 Å². The molecule has 2 saturated heterocycles. The molecule has 0 bridgehead atoms. The molecule has 3 N–H and O–H groups in total. The maximum Gasteiger partial charge on any atom is 0.414 e. The Morgan fingerprint density at radius 1 is 1.19 bits per heavy atom. The molecule has 12 heteroatoms. The molecule has 3 amide bonds. The summed E-state index contributed by atoms with van der Waals surface area (Å²) in [5, 5.41) is 26.9. The molecule has 32 heavy (non-hydrogen) atoms. The predicted molar refractivity (Wildman–Crippen MR) is 109 cm³/mol. The highest BCUT2D eigenvalue weighted by molar-refractivity contribution is 6.27. The number of nitriles is 1. The fourth-order valence-corrected chi connectivity index (χ4v) is 3.38. The number of carboxylic acid groups (broad SMARTS) is 2. The molecule has 0 aliphatic carbocycles. The van der Waals surface area contributed by atoms with Crippen molar-refractivity contribution >= 4 is 29.6 Å². The summed E-state index contributed by atoms with van der Waals surface area (Å²) in [5.41, 5.74) is 0.553. The van der Waals surface area contributed by atoms with E-state index in [1.54, 1.807) is 26.8 Å². The Bertz CT molecular complexity index is 893. The molecule has 0 unspecified atom stereocenters. The zero-order valence-corrected chi connectivity index (χ0v) is 17.2. The molecule has 0 radical (unpaired) electrons. The van der Waals surface area contributed by atoms with E-state index in [-0.39, 0.29) is 30.3 Å². The van der Waals surface area contributed by atoms with E-state index in [1.807, 2.05) is 0 Å². The first kappa shape index (κ1) is 24.5. The van der Waals surface area contributed by atoms with Gasteiger partial charge in [-0.05, 0) is 31.0 Å². The molecule has 0 saturated carbocycles. The van der Waals surface area contributed by atoms with Crippen molar-refractivity contribution in [3.63, 3.8) is 0 Å². The lowest BCUT2D eigenvalue weighted by Gasteiger charge is -2.21. The average Bonchev–Trinajstić information content (AvgIpc) is 3.38. The van der Waals surface area contributed by atoms with E-state index in [0.717, 1.165) is 12.8 Å². The van der Waals surface area contributed by atoms with E-state index in [2.05, 4.69) is 11.4 Å². The highest BCUT2D eigenvalue weighted by atomic mass is 19.1. The van der Waals surface area contributed by atoms with Crippen molar-refractivity contribution < 1.29 is 33.8 Å². The summed E-state index contributed by atoms with van der Waals surface area (Å²) >= 11 is 0. The molecule has 3 rings (SSSR count). The van der Waals surface area contributed by atoms with Gasteiger partial charge in [-0.15, -0.1) is 0 Å². The lowest BCUT2D eigenvalue weighted by atomic mass is 10.2. The molecule has 2 aliphatic rings. The molecule has 1 atom stereocenters. The summed E-state index contributed by atoms with van der Waals surface area (Å²) in [6, 6.07) is 7.67. The van der Waals surface area contributed by atoms with Gasteiger partial charge in [0.05, 0.1) is 12.6 Å². The first-order chi connectivity index (χ1) is 15.2. The fraction of sp³-hybridized carbons (Fsp3) is 0.450. The SMILES string of the molecule is N#C[C@H]1CCCN1C(=O)CNCCN1CCN(c2cccc(F)c2)C1=O.O=C(O)C(=O)O. The summed E-state index contributed by atoms with van der Waals surface area (Å²) in [4.78, 5) is 47.6. The molecule has 0 aromatic heterocycles. The van der Waals surface area contributed by atoms with E-state index >= 15 is 0 Å². The van der Waals surface area contributed by atoms with Gasteiger partial charge in [-0.25, -0.2) is 18.8 Å². The molecule has 1 aromatic rings. The minimum Gasteiger partial charge on any atom is -0.473 e. The van der Waals surface area contributed by atoms with Crippen LogP contribution in [0, 0.1) is 17.1 Å². The van der Waals surface area contributed by atoms with E-state index < -0.39 is 11.9 Å². The molecule has 1 aromatic carbocycles. The fourth-order valence-electron chi connectivity index (χ4n) is 3.38. The number of hydrogen-bond donors (Lipinski definition) is 3. The van der Waals surface area contributed by atoms with Crippen LogP contribution in [-0.4, -0.2) is 89.2 Å². The number of aliphatic carboxylic acids is 2. The van der Waals surface area contributed by atoms with Crippen LogP contribution >= 0.6 is 0 Å². The van der Waals surface area contributed by atoms with Crippen LogP contribution < -0.4 is 10.2 Å². The lowest BCUT2D eigenvalue weighted by molar-refractivity contribution is -0.159. The van der Waals surface area contributed by atoms with Crippen molar-refractivity contribution in [2.75, 3.05) is 44.2 Å². The Morgan fingerprint density at radius 3 is 2.53 bits per heavy atom. The van der Waals surface area contributed by atoms with E-state index in [1.165, 1.54) is 12.1 Å². The smallest absolute Gasteiger partial charge is 0.414 e. The number of hydrogen-bond acceptors (Lipinski definition) is 6. The van der Waals surface area contributed by atoms with Gasteiger partial charge >= 0.3 is 18.0 Å². The van der Waals surface area contributed by atoms with E-state index in [4.69, 9.17) is 25.1 Å². The number of nitrogens with zero attached hydrogens (tertiary/aromatic N) is 4. The van der Waals surface area contributed by atoms with Crippen LogP contribution in [0.3, 0.4) is 0 Å². The lowest BCUT2D eigenvalue weighted by Crippen LogP contribution is -2.43. The number of halogens is 1. The molecule has 2 aliphatic heterocycles. The molecular formula is C20H24FN5O6. The summed E-state index contributed by atoms with van der Waals surface area (Å²) < 4.78 is 13.3. The second-order valence-electron chi connectivity index (χ2n) is 7.06. The van der Waals surface area contributed by atoms with Crippen LogP contribution in [0.15, 0.2) is 24.3 Å². The Labute approximate surface area is 183 Å². The summed E-state index contributed by atoms with van der Waals surface area (Å²) in [6.45, 7) is 2.82. The van der Waals surface area contributed by atoms with Crippen molar-refractivity contribution in [3.8, 4) is 6.07 Å². The average molecular weight is 449 g/mol. The van der Waals surface area contributed by atoms with Gasteiger partial charge in [0.25, 0.3) is 0 Å². The maximum absolute atomic E-state index is 13.3. The molecule has 172 valence electrons. The number of benzene rings is 1. The maximum atomic E-state index is 13.3. The number of likely N-dealkylation sites (tertiary alicyclic amines) is 1. The van der Waals surface area contributed by atoms with Crippen LogP contribution in [0.25, 0.3) is 0 Å². The summed E-state index contributed by atoms with van der Waals surface area (Å²) in [5.74, 6) is -4.10. The number of rotatable bonds is 6. The standard InChI is InChI=1S/C18H22FN5O2.C2H2O4/c19-14-3-1-4-15(11-14)24-10-9-22(18(24)26)8-6-21-13-17(25)23-7-2-5-16(23)12-20;3-1(4)2(5)6/h1,3-4,11,16,21H,2,5-10,13H2;(H,3,4)(H,5,6)/t16-;/m1./s1. The predicted octanol–water partition coefficient (Wildman–Crippen LogP) is 0.327. The normalized spacial score (nSPS) is 17.6. The van der Waals surface area contributed by atoms with Crippen molar-refractivity contribution in [3.05, 3.63) is 30.1 Å². The minimum atomic E-state index is -1.82. The number of carbonyl (C=O) groups excluding carboxylic acids is 2. The number of carbonyl (C=O) groups is 4. The van der Waals surface area contributed by atoms with Gasteiger partial charge in [0.2, 0.25) is 5.91 Å². The summed E-state index contributed by atoms with van der Waals surface area (Å²) in [7, 11) is 0. The highest BCUT2D eigenvalue weighted by Crippen LogP contribution is 2.20. The highest BCUT2D eigenvalue weighted by Gasteiger charge is 2.30.